The van der Waals surface area contributed by atoms with Gasteiger partial charge in [-0.15, -0.1) is 0 Å². The van der Waals surface area contributed by atoms with Gasteiger partial charge in [0, 0.05) is 9.80 Å². The molecule has 0 aliphatic heterocycles. The van der Waals surface area contributed by atoms with Crippen LogP contribution >= 0.6 is 31.9 Å². The van der Waals surface area contributed by atoms with Gasteiger partial charge in [-0.1, -0.05) is 44.0 Å². The van der Waals surface area contributed by atoms with Gasteiger partial charge in [0.05, 0.1) is 0 Å². The van der Waals surface area contributed by atoms with Crippen LogP contribution in [0.5, 0.6) is 0 Å². The fourth-order valence-electron chi connectivity index (χ4n) is 1.99. The largest absolute Gasteiger partial charge is 0.207 e. The SMILES string of the molecule is Fc1cccc(C(CBr)Cc2cc(Br)ccc2F)c1. The highest BCUT2D eigenvalue weighted by Gasteiger charge is 2.14. The molecule has 0 spiro atoms. The Hall–Kier alpha value is -0.740. The average Bonchev–Trinajstić information content (AvgIpc) is 2.39. The van der Waals surface area contributed by atoms with Crippen LogP contribution in [0.2, 0.25) is 0 Å². The Labute approximate surface area is 128 Å². The zero-order chi connectivity index (χ0) is 13.8. The first-order valence-corrected chi connectivity index (χ1v) is 7.77. The molecule has 0 aliphatic rings. The van der Waals surface area contributed by atoms with Gasteiger partial charge in [0.2, 0.25) is 0 Å². The normalized spacial score (nSPS) is 12.4. The first-order valence-electron chi connectivity index (χ1n) is 5.85. The molecule has 100 valence electrons. The van der Waals surface area contributed by atoms with E-state index in [9.17, 15) is 8.78 Å². The fourth-order valence-corrected chi connectivity index (χ4v) is 3.00. The third-order valence-electron chi connectivity index (χ3n) is 2.98. The molecule has 4 heteroatoms. The number of alkyl halides is 1. The maximum absolute atomic E-state index is 13.8. The number of rotatable bonds is 4. The van der Waals surface area contributed by atoms with Crippen molar-refractivity contribution in [3.05, 3.63) is 69.7 Å². The maximum Gasteiger partial charge on any atom is 0.126 e. The van der Waals surface area contributed by atoms with Crippen LogP contribution in [0.25, 0.3) is 0 Å². The van der Waals surface area contributed by atoms with E-state index in [-0.39, 0.29) is 17.6 Å². The predicted octanol–water partition coefficient (Wildman–Crippen LogP) is 5.45. The molecule has 0 fully saturated rings. The summed E-state index contributed by atoms with van der Waals surface area (Å²) < 4.78 is 27.8. The zero-order valence-electron chi connectivity index (χ0n) is 10.0. The van der Waals surface area contributed by atoms with E-state index in [0.717, 1.165) is 10.0 Å². The Balaban J connectivity index is 2.26. The molecule has 1 atom stereocenters. The minimum Gasteiger partial charge on any atom is -0.207 e. The third-order valence-corrected chi connectivity index (χ3v) is 4.26. The predicted molar refractivity (Wildman–Crippen MR) is 80.7 cm³/mol. The Morgan fingerprint density at radius 3 is 2.53 bits per heavy atom. The van der Waals surface area contributed by atoms with Gasteiger partial charge < -0.3 is 0 Å². The van der Waals surface area contributed by atoms with Crippen LogP contribution < -0.4 is 0 Å². The molecule has 0 N–H and O–H groups in total. The van der Waals surface area contributed by atoms with Crippen molar-refractivity contribution >= 4 is 31.9 Å². The van der Waals surface area contributed by atoms with Gasteiger partial charge in [-0.25, -0.2) is 8.78 Å². The van der Waals surface area contributed by atoms with E-state index in [1.54, 1.807) is 18.2 Å². The smallest absolute Gasteiger partial charge is 0.126 e. The van der Waals surface area contributed by atoms with E-state index in [1.807, 2.05) is 6.07 Å². The van der Waals surface area contributed by atoms with Gasteiger partial charge in [-0.2, -0.15) is 0 Å². The average molecular weight is 390 g/mol. The summed E-state index contributed by atoms with van der Waals surface area (Å²) in [7, 11) is 0. The number of hydrogen-bond acceptors (Lipinski definition) is 0. The van der Waals surface area contributed by atoms with Crippen LogP contribution in [-0.4, -0.2) is 5.33 Å². The summed E-state index contributed by atoms with van der Waals surface area (Å²) in [5, 5.41) is 0.655. The van der Waals surface area contributed by atoms with E-state index >= 15 is 0 Å². The molecule has 0 aromatic heterocycles. The Kier molecular flexibility index (Phi) is 5.11. The van der Waals surface area contributed by atoms with Crippen molar-refractivity contribution < 1.29 is 8.78 Å². The second-order valence-electron chi connectivity index (χ2n) is 4.35. The second kappa shape index (κ2) is 6.62. The lowest BCUT2D eigenvalue weighted by molar-refractivity contribution is 0.596. The summed E-state index contributed by atoms with van der Waals surface area (Å²) in [5.41, 5.74) is 1.50. The van der Waals surface area contributed by atoms with Crippen LogP contribution in [0.4, 0.5) is 8.78 Å². The fraction of sp³-hybridized carbons (Fsp3) is 0.200. The van der Waals surface area contributed by atoms with Crippen LogP contribution in [0.1, 0.15) is 17.0 Å². The van der Waals surface area contributed by atoms with Crippen molar-refractivity contribution in [2.75, 3.05) is 5.33 Å². The summed E-state index contributed by atoms with van der Waals surface area (Å²) in [6, 6.07) is 11.3. The summed E-state index contributed by atoms with van der Waals surface area (Å²) in [6.45, 7) is 0. The van der Waals surface area contributed by atoms with Gasteiger partial charge in [0.25, 0.3) is 0 Å². The molecule has 19 heavy (non-hydrogen) atoms. The van der Waals surface area contributed by atoms with Gasteiger partial charge in [0.1, 0.15) is 11.6 Å². The zero-order valence-corrected chi connectivity index (χ0v) is 13.2. The summed E-state index contributed by atoms with van der Waals surface area (Å²) in [4.78, 5) is 0. The van der Waals surface area contributed by atoms with Gasteiger partial charge in [0.15, 0.2) is 0 Å². The lowest BCUT2D eigenvalue weighted by Gasteiger charge is -2.15. The second-order valence-corrected chi connectivity index (χ2v) is 5.91. The molecule has 0 saturated carbocycles. The first kappa shape index (κ1) is 14.7. The summed E-state index contributed by atoms with van der Waals surface area (Å²) in [5.74, 6) is -0.455. The highest BCUT2D eigenvalue weighted by atomic mass is 79.9. The molecule has 0 bridgehead atoms. The van der Waals surface area contributed by atoms with Crippen LogP contribution in [0, 0.1) is 11.6 Å². The molecule has 0 nitrogen and oxygen atoms in total. The molecule has 2 aromatic carbocycles. The first-order chi connectivity index (χ1) is 9.10. The monoisotopic (exact) mass is 388 g/mol. The molecule has 0 radical (unpaired) electrons. The molecule has 0 amide bonds. The molecule has 0 saturated heterocycles. The van der Waals surface area contributed by atoms with E-state index in [2.05, 4.69) is 31.9 Å². The van der Waals surface area contributed by atoms with Crippen LogP contribution in [0.3, 0.4) is 0 Å². The molecule has 2 aromatic rings. The summed E-state index contributed by atoms with van der Waals surface area (Å²) >= 11 is 6.76. The van der Waals surface area contributed by atoms with Crippen LogP contribution in [-0.2, 0) is 6.42 Å². The van der Waals surface area contributed by atoms with Crippen molar-refractivity contribution in [2.24, 2.45) is 0 Å². The standard InChI is InChI=1S/C15H12Br2F2/c16-9-12(10-2-1-3-14(18)8-10)6-11-7-13(17)4-5-15(11)19/h1-5,7-8,12H,6,9H2. The minimum atomic E-state index is -0.266. The molecule has 2 rings (SSSR count). The molecular formula is C15H12Br2F2. The van der Waals surface area contributed by atoms with Crippen LogP contribution in [0.15, 0.2) is 46.9 Å². The molecule has 0 heterocycles. The third kappa shape index (κ3) is 3.86. The van der Waals surface area contributed by atoms with Crippen molar-refractivity contribution in [3.63, 3.8) is 0 Å². The lowest BCUT2D eigenvalue weighted by atomic mass is 9.93. The summed E-state index contributed by atoms with van der Waals surface area (Å²) in [6.07, 6.45) is 0.528. The number of benzene rings is 2. The molecular weight excluding hydrogens is 378 g/mol. The maximum atomic E-state index is 13.8. The number of hydrogen-bond donors (Lipinski definition) is 0. The Bertz CT molecular complexity index is 570. The van der Waals surface area contributed by atoms with Crippen molar-refractivity contribution in [3.8, 4) is 0 Å². The highest BCUT2D eigenvalue weighted by Crippen LogP contribution is 2.26. The van der Waals surface area contributed by atoms with E-state index in [0.29, 0.717) is 17.3 Å². The van der Waals surface area contributed by atoms with E-state index < -0.39 is 0 Å². The van der Waals surface area contributed by atoms with Crippen molar-refractivity contribution in [2.45, 2.75) is 12.3 Å². The van der Waals surface area contributed by atoms with Gasteiger partial charge >= 0.3 is 0 Å². The quantitative estimate of drug-likeness (QED) is 0.610. The van der Waals surface area contributed by atoms with Gasteiger partial charge in [-0.3, -0.25) is 0 Å². The highest BCUT2D eigenvalue weighted by molar-refractivity contribution is 9.10. The molecule has 0 aliphatic carbocycles. The van der Waals surface area contributed by atoms with E-state index in [1.165, 1.54) is 18.2 Å². The van der Waals surface area contributed by atoms with Crippen molar-refractivity contribution in [1.82, 2.24) is 0 Å². The lowest BCUT2D eigenvalue weighted by Crippen LogP contribution is -2.06. The van der Waals surface area contributed by atoms with Gasteiger partial charge in [-0.05, 0) is 53.8 Å². The van der Waals surface area contributed by atoms with Crippen molar-refractivity contribution in [1.29, 1.82) is 0 Å². The Morgan fingerprint density at radius 1 is 1.05 bits per heavy atom. The number of halogens is 4. The molecule has 1 unspecified atom stereocenters. The topological polar surface area (TPSA) is 0 Å². The Morgan fingerprint density at radius 2 is 1.84 bits per heavy atom. The van der Waals surface area contributed by atoms with E-state index in [4.69, 9.17) is 0 Å². The minimum absolute atomic E-state index is 0.0412.